The van der Waals surface area contributed by atoms with Crippen LogP contribution in [-0.4, -0.2) is 38.9 Å². The fraction of sp³-hybridized carbons (Fsp3) is 0.556. The predicted molar refractivity (Wildman–Crippen MR) is 90.4 cm³/mol. The first kappa shape index (κ1) is 15.3. The number of carbonyl (C=O) groups is 1. The van der Waals surface area contributed by atoms with Crippen LogP contribution in [0.5, 0.6) is 0 Å². The molecule has 2 aromatic rings. The second kappa shape index (κ2) is 6.34. The van der Waals surface area contributed by atoms with Crippen LogP contribution in [0.4, 0.5) is 0 Å². The van der Waals surface area contributed by atoms with Gasteiger partial charge in [0.2, 0.25) is 5.91 Å². The second-order valence-corrected chi connectivity index (χ2v) is 7.00. The van der Waals surface area contributed by atoms with E-state index in [1.165, 1.54) is 30.4 Å². The first-order chi connectivity index (χ1) is 11.7. The van der Waals surface area contributed by atoms with Crippen LogP contribution in [0.15, 0.2) is 29.1 Å². The molecule has 24 heavy (non-hydrogen) atoms. The zero-order valence-electron chi connectivity index (χ0n) is 13.7. The number of benzene rings is 1. The van der Waals surface area contributed by atoms with Gasteiger partial charge < -0.3 is 4.90 Å². The quantitative estimate of drug-likeness (QED) is 0.844. The molecule has 1 aromatic heterocycles. The Bertz CT molecular complexity index is 816. The average Bonchev–Trinajstić information content (AvgIpc) is 2.64. The lowest BCUT2D eigenvalue weighted by atomic mass is 9.75. The van der Waals surface area contributed by atoms with Crippen molar-refractivity contribution in [1.82, 2.24) is 19.9 Å². The van der Waals surface area contributed by atoms with Crippen molar-refractivity contribution in [2.75, 3.05) is 13.1 Å². The van der Waals surface area contributed by atoms with E-state index in [1.807, 2.05) is 11.0 Å². The zero-order chi connectivity index (χ0) is 16.5. The van der Waals surface area contributed by atoms with Gasteiger partial charge in [0, 0.05) is 13.1 Å². The van der Waals surface area contributed by atoms with Gasteiger partial charge in [0.15, 0.2) is 0 Å². The number of nitrogens with zero attached hydrogens (tertiary/aromatic N) is 4. The standard InChI is InChI=1S/C18H22N4O2/c23-17(21-10-9-13-5-1-2-6-14(13)11-21)12-22-18(24)15-7-3-4-8-16(15)19-20-22/h3-4,7-8,13-14H,1-2,5-6,9-12H2/t13-,14+/m1/s1. The van der Waals surface area contributed by atoms with Gasteiger partial charge in [-0.25, -0.2) is 4.68 Å². The SMILES string of the molecule is O=C(Cn1nnc2ccccc2c1=O)N1CC[C@H]2CCCC[C@H]2C1. The van der Waals surface area contributed by atoms with Crippen molar-refractivity contribution in [3.8, 4) is 0 Å². The normalized spacial score (nSPS) is 23.9. The van der Waals surface area contributed by atoms with Gasteiger partial charge in [0.05, 0.1) is 5.39 Å². The molecule has 1 aliphatic carbocycles. The molecule has 0 unspecified atom stereocenters. The minimum Gasteiger partial charge on any atom is -0.341 e. The van der Waals surface area contributed by atoms with Gasteiger partial charge in [-0.3, -0.25) is 9.59 Å². The second-order valence-electron chi connectivity index (χ2n) is 7.00. The number of aromatic nitrogens is 3. The lowest BCUT2D eigenvalue weighted by Gasteiger charge is -2.41. The summed E-state index contributed by atoms with van der Waals surface area (Å²) in [5, 5.41) is 8.48. The number of amides is 1. The Morgan fingerprint density at radius 1 is 1.12 bits per heavy atom. The summed E-state index contributed by atoms with van der Waals surface area (Å²) < 4.78 is 1.19. The molecule has 1 saturated heterocycles. The third-order valence-electron chi connectivity index (χ3n) is 5.56. The monoisotopic (exact) mass is 326 g/mol. The average molecular weight is 326 g/mol. The summed E-state index contributed by atoms with van der Waals surface area (Å²) in [6, 6.07) is 7.09. The lowest BCUT2D eigenvalue weighted by molar-refractivity contribution is -0.135. The molecular weight excluding hydrogens is 304 g/mol. The molecule has 0 bridgehead atoms. The molecule has 1 aliphatic heterocycles. The maximum Gasteiger partial charge on any atom is 0.278 e. The summed E-state index contributed by atoms with van der Waals surface area (Å²) >= 11 is 0. The number of fused-ring (bicyclic) bond motifs is 2. The molecule has 4 rings (SSSR count). The van der Waals surface area contributed by atoms with Gasteiger partial charge in [-0.1, -0.05) is 36.6 Å². The Labute approximate surface area is 140 Å². The molecule has 2 fully saturated rings. The van der Waals surface area contributed by atoms with Crippen molar-refractivity contribution in [2.24, 2.45) is 11.8 Å². The van der Waals surface area contributed by atoms with Gasteiger partial charge in [0.1, 0.15) is 12.1 Å². The molecule has 1 aromatic carbocycles. The highest BCUT2D eigenvalue weighted by Crippen LogP contribution is 2.36. The Hall–Kier alpha value is -2.24. The number of hydrogen-bond acceptors (Lipinski definition) is 4. The third-order valence-corrected chi connectivity index (χ3v) is 5.56. The van der Waals surface area contributed by atoms with E-state index in [4.69, 9.17) is 0 Å². The van der Waals surface area contributed by atoms with Crippen molar-refractivity contribution >= 4 is 16.8 Å². The molecular formula is C18H22N4O2. The molecule has 0 N–H and O–H groups in total. The molecule has 0 spiro atoms. The number of rotatable bonds is 2. The fourth-order valence-electron chi connectivity index (χ4n) is 4.18. The summed E-state index contributed by atoms with van der Waals surface area (Å²) in [5.41, 5.74) is 0.315. The highest BCUT2D eigenvalue weighted by Gasteiger charge is 2.33. The van der Waals surface area contributed by atoms with Crippen LogP contribution in [0.3, 0.4) is 0 Å². The van der Waals surface area contributed by atoms with E-state index in [1.54, 1.807) is 18.2 Å². The van der Waals surface area contributed by atoms with Gasteiger partial charge in [-0.2, -0.15) is 0 Å². The number of piperidine rings is 1. The first-order valence-corrected chi connectivity index (χ1v) is 8.82. The molecule has 6 heteroatoms. The van der Waals surface area contributed by atoms with Crippen LogP contribution in [0, 0.1) is 11.8 Å². The van der Waals surface area contributed by atoms with Gasteiger partial charge in [-0.15, -0.1) is 5.10 Å². The fourth-order valence-corrected chi connectivity index (χ4v) is 4.18. The van der Waals surface area contributed by atoms with Crippen LogP contribution in [0.1, 0.15) is 32.1 Å². The predicted octanol–water partition coefficient (Wildman–Crippen LogP) is 1.83. The Morgan fingerprint density at radius 2 is 1.92 bits per heavy atom. The van der Waals surface area contributed by atoms with E-state index < -0.39 is 0 Å². The lowest BCUT2D eigenvalue weighted by Crippen LogP contribution is -2.46. The van der Waals surface area contributed by atoms with Crippen LogP contribution in [-0.2, 0) is 11.3 Å². The first-order valence-electron chi connectivity index (χ1n) is 8.82. The van der Waals surface area contributed by atoms with E-state index in [9.17, 15) is 9.59 Å². The summed E-state index contributed by atoms with van der Waals surface area (Å²) in [4.78, 5) is 27.0. The maximum absolute atomic E-state index is 12.6. The van der Waals surface area contributed by atoms with Crippen molar-refractivity contribution < 1.29 is 4.79 Å². The molecule has 1 saturated carbocycles. The molecule has 0 radical (unpaired) electrons. The van der Waals surface area contributed by atoms with Crippen molar-refractivity contribution in [3.63, 3.8) is 0 Å². The van der Waals surface area contributed by atoms with E-state index in [2.05, 4.69) is 10.3 Å². The molecule has 2 atom stereocenters. The molecule has 6 nitrogen and oxygen atoms in total. The van der Waals surface area contributed by atoms with Gasteiger partial charge in [0.25, 0.3) is 5.56 Å². The summed E-state index contributed by atoms with van der Waals surface area (Å²) in [5.74, 6) is 1.40. The van der Waals surface area contributed by atoms with E-state index in [-0.39, 0.29) is 18.0 Å². The van der Waals surface area contributed by atoms with E-state index >= 15 is 0 Å². The topological polar surface area (TPSA) is 68.1 Å². The molecule has 2 aliphatic rings. The van der Waals surface area contributed by atoms with Crippen molar-refractivity contribution in [2.45, 2.75) is 38.6 Å². The van der Waals surface area contributed by atoms with Gasteiger partial charge in [-0.05, 0) is 36.8 Å². The van der Waals surface area contributed by atoms with Gasteiger partial charge >= 0.3 is 0 Å². The highest BCUT2D eigenvalue weighted by atomic mass is 16.2. The third kappa shape index (κ3) is 2.81. The van der Waals surface area contributed by atoms with Crippen LogP contribution < -0.4 is 5.56 Å². The van der Waals surface area contributed by atoms with Crippen molar-refractivity contribution in [1.29, 1.82) is 0 Å². The molecule has 2 heterocycles. The molecule has 126 valence electrons. The maximum atomic E-state index is 12.6. The van der Waals surface area contributed by atoms with Crippen LogP contribution in [0.2, 0.25) is 0 Å². The van der Waals surface area contributed by atoms with Crippen LogP contribution in [0.25, 0.3) is 10.9 Å². The smallest absolute Gasteiger partial charge is 0.278 e. The number of hydrogen-bond donors (Lipinski definition) is 0. The Balaban J connectivity index is 1.50. The summed E-state index contributed by atoms with van der Waals surface area (Å²) in [6.07, 6.45) is 6.23. The van der Waals surface area contributed by atoms with E-state index in [0.29, 0.717) is 16.8 Å². The Kier molecular flexibility index (Phi) is 4.04. The molecule has 1 amide bonds. The van der Waals surface area contributed by atoms with Crippen molar-refractivity contribution in [3.05, 3.63) is 34.6 Å². The highest BCUT2D eigenvalue weighted by molar-refractivity contribution is 5.78. The summed E-state index contributed by atoms with van der Waals surface area (Å²) in [7, 11) is 0. The largest absolute Gasteiger partial charge is 0.341 e. The van der Waals surface area contributed by atoms with Crippen LogP contribution >= 0.6 is 0 Å². The zero-order valence-corrected chi connectivity index (χ0v) is 13.7. The van der Waals surface area contributed by atoms with E-state index in [0.717, 1.165) is 25.4 Å². The minimum absolute atomic E-state index is 0.0198. The number of likely N-dealkylation sites (tertiary alicyclic amines) is 1. The summed E-state index contributed by atoms with van der Waals surface area (Å²) in [6.45, 7) is 1.61. The minimum atomic E-state index is -0.249. The Morgan fingerprint density at radius 3 is 2.79 bits per heavy atom. The number of carbonyl (C=O) groups excluding carboxylic acids is 1.